The van der Waals surface area contributed by atoms with E-state index in [1.54, 1.807) is 0 Å². The molecule has 19 heavy (non-hydrogen) atoms. The highest BCUT2D eigenvalue weighted by Gasteiger charge is 2.16. The van der Waals surface area contributed by atoms with E-state index in [-0.39, 0.29) is 0 Å². The Labute approximate surface area is 116 Å². The van der Waals surface area contributed by atoms with Crippen molar-refractivity contribution in [1.29, 1.82) is 0 Å². The molecule has 1 N–H and O–H groups in total. The zero-order valence-corrected chi connectivity index (χ0v) is 12.2. The van der Waals surface area contributed by atoms with Crippen molar-refractivity contribution in [2.75, 3.05) is 33.3 Å². The van der Waals surface area contributed by atoms with Gasteiger partial charge in [-0.2, -0.15) is 0 Å². The predicted molar refractivity (Wildman–Crippen MR) is 79.5 cm³/mol. The molecule has 3 nitrogen and oxygen atoms in total. The van der Waals surface area contributed by atoms with Crippen LogP contribution < -0.4 is 10.1 Å². The number of rotatable bonds is 6. The standard InChI is InChI=1S/C16H26N2O/c1-3-19-16-9-5-4-8-15(16)12-17-11-14-7-6-10-18(2)13-14/h4-5,8-9,14,17H,3,6-7,10-13H2,1-2H3/t14-/m1/s1. The van der Waals surface area contributed by atoms with Gasteiger partial charge in [-0.3, -0.25) is 0 Å². The largest absolute Gasteiger partial charge is 0.494 e. The van der Waals surface area contributed by atoms with E-state index < -0.39 is 0 Å². The van der Waals surface area contributed by atoms with Gasteiger partial charge in [-0.1, -0.05) is 18.2 Å². The number of ether oxygens (including phenoxy) is 1. The molecular weight excluding hydrogens is 236 g/mol. The Morgan fingerprint density at radius 3 is 3.00 bits per heavy atom. The monoisotopic (exact) mass is 262 g/mol. The van der Waals surface area contributed by atoms with Crippen molar-refractivity contribution in [2.24, 2.45) is 5.92 Å². The van der Waals surface area contributed by atoms with E-state index in [1.807, 2.05) is 13.0 Å². The molecule has 3 heteroatoms. The molecule has 0 bridgehead atoms. The van der Waals surface area contributed by atoms with E-state index in [0.29, 0.717) is 0 Å². The number of nitrogens with one attached hydrogen (secondary N) is 1. The summed E-state index contributed by atoms with van der Waals surface area (Å²) < 4.78 is 5.65. The maximum absolute atomic E-state index is 5.65. The van der Waals surface area contributed by atoms with Crippen molar-refractivity contribution in [3.8, 4) is 5.75 Å². The van der Waals surface area contributed by atoms with Crippen molar-refractivity contribution in [3.05, 3.63) is 29.8 Å². The van der Waals surface area contributed by atoms with Gasteiger partial charge in [-0.05, 0) is 51.9 Å². The van der Waals surface area contributed by atoms with Crippen LogP contribution in [0.15, 0.2) is 24.3 Å². The Hall–Kier alpha value is -1.06. The lowest BCUT2D eigenvalue weighted by molar-refractivity contribution is 0.206. The van der Waals surface area contributed by atoms with Crippen LogP contribution in [0.3, 0.4) is 0 Å². The SMILES string of the molecule is CCOc1ccccc1CNC[C@H]1CCCN(C)C1. The molecule has 106 valence electrons. The summed E-state index contributed by atoms with van der Waals surface area (Å²) in [5.41, 5.74) is 1.26. The summed E-state index contributed by atoms with van der Waals surface area (Å²) in [5, 5.41) is 3.58. The Morgan fingerprint density at radius 1 is 1.37 bits per heavy atom. The molecule has 1 saturated heterocycles. The highest BCUT2D eigenvalue weighted by Crippen LogP contribution is 2.18. The minimum atomic E-state index is 0.727. The minimum absolute atomic E-state index is 0.727. The minimum Gasteiger partial charge on any atom is -0.494 e. The normalized spacial score (nSPS) is 20.4. The number of nitrogens with zero attached hydrogens (tertiary/aromatic N) is 1. The first kappa shape index (κ1) is 14.4. The van der Waals surface area contributed by atoms with E-state index in [0.717, 1.165) is 31.4 Å². The lowest BCUT2D eigenvalue weighted by atomic mass is 9.98. The van der Waals surface area contributed by atoms with Gasteiger partial charge in [0.25, 0.3) is 0 Å². The van der Waals surface area contributed by atoms with Crippen LogP contribution in [0.4, 0.5) is 0 Å². The number of piperidine rings is 1. The Morgan fingerprint density at radius 2 is 2.21 bits per heavy atom. The summed E-state index contributed by atoms with van der Waals surface area (Å²) in [5.74, 6) is 1.80. The quantitative estimate of drug-likeness (QED) is 0.852. The second-order valence-corrected chi connectivity index (χ2v) is 5.44. The second-order valence-electron chi connectivity index (χ2n) is 5.44. The van der Waals surface area contributed by atoms with Crippen LogP contribution in [0.1, 0.15) is 25.3 Å². The molecule has 0 amide bonds. The summed E-state index contributed by atoms with van der Waals surface area (Å²) in [6.45, 7) is 7.23. The first-order valence-corrected chi connectivity index (χ1v) is 7.39. The van der Waals surface area contributed by atoms with Gasteiger partial charge in [0.1, 0.15) is 5.75 Å². The molecular formula is C16H26N2O. The van der Waals surface area contributed by atoms with Crippen molar-refractivity contribution in [1.82, 2.24) is 10.2 Å². The van der Waals surface area contributed by atoms with Gasteiger partial charge in [0, 0.05) is 18.7 Å². The fourth-order valence-corrected chi connectivity index (χ4v) is 2.80. The molecule has 2 rings (SSSR count). The molecule has 1 fully saturated rings. The third-order valence-electron chi connectivity index (χ3n) is 3.74. The molecule has 1 aromatic rings. The average Bonchev–Trinajstić information content (AvgIpc) is 2.41. The lowest BCUT2D eigenvalue weighted by Gasteiger charge is -2.29. The topological polar surface area (TPSA) is 24.5 Å². The lowest BCUT2D eigenvalue weighted by Crippen LogP contribution is -2.37. The Kier molecular flexibility index (Phi) is 5.67. The van der Waals surface area contributed by atoms with Crippen LogP contribution in [-0.2, 0) is 6.54 Å². The fraction of sp³-hybridized carbons (Fsp3) is 0.625. The summed E-state index contributed by atoms with van der Waals surface area (Å²) in [6.07, 6.45) is 2.68. The number of likely N-dealkylation sites (tertiary alicyclic amines) is 1. The van der Waals surface area contributed by atoms with Crippen LogP contribution in [0.25, 0.3) is 0 Å². The van der Waals surface area contributed by atoms with Crippen molar-refractivity contribution < 1.29 is 4.74 Å². The maximum atomic E-state index is 5.65. The molecule has 1 aliphatic rings. The van der Waals surface area contributed by atoms with E-state index in [2.05, 4.69) is 35.5 Å². The predicted octanol–water partition coefficient (Wildman–Crippen LogP) is 2.52. The van der Waals surface area contributed by atoms with E-state index in [9.17, 15) is 0 Å². The van der Waals surface area contributed by atoms with Crippen molar-refractivity contribution >= 4 is 0 Å². The van der Waals surface area contributed by atoms with Gasteiger partial charge in [0.05, 0.1) is 6.61 Å². The zero-order chi connectivity index (χ0) is 13.5. The molecule has 0 aliphatic carbocycles. The van der Waals surface area contributed by atoms with E-state index >= 15 is 0 Å². The average molecular weight is 262 g/mol. The molecule has 1 aliphatic heterocycles. The molecule has 0 saturated carbocycles. The van der Waals surface area contributed by atoms with Crippen LogP contribution in [0.5, 0.6) is 5.75 Å². The molecule has 0 radical (unpaired) electrons. The van der Waals surface area contributed by atoms with Gasteiger partial charge in [-0.15, -0.1) is 0 Å². The zero-order valence-electron chi connectivity index (χ0n) is 12.2. The molecule has 1 atom stereocenters. The van der Waals surface area contributed by atoms with Crippen LogP contribution in [-0.4, -0.2) is 38.2 Å². The van der Waals surface area contributed by atoms with Gasteiger partial charge in [0.15, 0.2) is 0 Å². The van der Waals surface area contributed by atoms with Crippen molar-refractivity contribution in [2.45, 2.75) is 26.3 Å². The highest BCUT2D eigenvalue weighted by atomic mass is 16.5. The van der Waals surface area contributed by atoms with Crippen LogP contribution in [0.2, 0.25) is 0 Å². The van der Waals surface area contributed by atoms with Crippen LogP contribution >= 0.6 is 0 Å². The number of benzene rings is 1. The first-order chi connectivity index (χ1) is 9.29. The van der Waals surface area contributed by atoms with Gasteiger partial charge in [-0.25, -0.2) is 0 Å². The van der Waals surface area contributed by atoms with Crippen LogP contribution in [0, 0.1) is 5.92 Å². The number of para-hydroxylation sites is 1. The summed E-state index contributed by atoms with van der Waals surface area (Å²) in [7, 11) is 2.22. The molecule has 0 spiro atoms. The fourth-order valence-electron chi connectivity index (χ4n) is 2.80. The number of hydrogen-bond donors (Lipinski definition) is 1. The molecule has 1 aromatic carbocycles. The molecule has 0 unspecified atom stereocenters. The molecule has 0 aromatic heterocycles. The summed E-state index contributed by atoms with van der Waals surface area (Å²) in [6, 6.07) is 8.30. The summed E-state index contributed by atoms with van der Waals surface area (Å²) in [4.78, 5) is 2.43. The maximum Gasteiger partial charge on any atom is 0.123 e. The smallest absolute Gasteiger partial charge is 0.123 e. The number of hydrogen-bond acceptors (Lipinski definition) is 3. The van der Waals surface area contributed by atoms with E-state index in [1.165, 1.54) is 31.5 Å². The Balaban J connectivity index is 1.78. The summed E-state index contributed by atoms with van der Waals surface area (Å²) >= 11 is 0. The first-order valence-electron chi connectivity index (χ1n) is 7.39. The molecule has 1 heterocycles. The Bertz CT molecular complexity index is 381. The van der Waals surface area contributed by atoms with Gasteiger partial charge >= 0.3 is 0 Å². The highest BCUT2D eigenvalue weighted by molar-refractivity contribution is 5.33. The third kappa shape index (κ3) is 4.51. The van der Waals surface area contributed by atoms with Gasteiger partial charge < -0.3 is 15.0 Å². The second kappa shape index (κ2) is 7.51. The van der Waals surface area contributed by atoms with Crippen molar-refractivity contribution in [3.63, 3.8) is 0 Å². The van der Waals surface area contributed by atoms with E-state index in [4.69, 9.17) is 4.74 Å². The van der Waals surface area contributed by atoms with Gasteiger partial charge in [0.2, 0.25) is 0 Å². The third-order valence-corrected chi connectivity index (χ3v) is 3.74.